The molecule has 1 aromatic rings. The Balaban J connectivity index is 2.07. The highest BCUT2D eigenvalue weighted by Crippen LogP contribution is 2.64. The van der Waals surface area contributed by atoms with E-state index in [1.807, 2.05) is 19.2 Å². The summed E-state index contributed by atoms with van der Waals surface area (Å²) < 4.78 is 28.4. The Labute approximate surface area is 106 Å². The average molecular weight is 255 g/mol. The van der Waals surface area contributed by atoms with E-state index < -0.39 is 6.61 Å². The van der Waals surface area contributed by atoms with Crippen LogP contribution in [0.2, 0.25) is 0 Å². The van der Waals surface area contributed by atoms with Crippen molar-refractivity contribution in [2.45, 2.75) is 26.4 Å². The Bertz CT molecular complexity index is 403. The first kappa shape index (κ1) is 13.3. The molecule has 1 N–H and O–H groups in total. The Hall–Kier alpha value is -1.16. The van der Waals surface area contributed by atoms with Gasteiger partial charge in [0, 0.05) is 0 Å². The molecule has 18 heavy (non-hydrogen) atoms. The first-order valence-electron chi connectivity index (χ1n) is 6.16. The summed E-state index contributed by atoms with van der Waals surface area (Å²) in [5, 5.41) is 3.20. The quantitative estimate of drug-likeness (QED) is 0.872. The Morgan fingerprint density at radius 3 is 2.39 bits per heavy atom. The van der Waals surface area contributed by atoms with Crippen LogP contribution in [0.15, 0.2) is 24.3 Å². The molecule has 0 radical (unpaired) electrons. The fourth-order valence-corrected chi connectivity index (χ4v) is 2.86. The molecule has 1 aliphatic rings. The molecule has 0 spiro atoms. The van der Waals surface area contributed by atoms with Crippen molar-refractivity contribution in [3.05, 3.63) is 29.8 Å². The van der Waals surface area contributed by atoms with Gasteiger partial charge in [-0.3, -0.25) is 0 Å². The fraction of sp³-hybridized carbons (Fsp3) is 0.571. The van der Waals surface area contributed by atoms with Crippen molar-refractivity contribution in [1.29, 1.82) is 0 Å². The minimum atomic E-state index is -2.76. The maximum Gasteiger partial charge on any atom is 0.387 e. The second kappa shape index (κ2) is 4.84. The van der Waals surface area contributed by atoms with Crippen LogP contribution in [0.4, 0.5) is 8.78 Å². The maximum absolute atomic E-state index is 12.0. The molecule has 2 rings (SSSR count). The number of benzene rings is 1. The van der Waals surface area contributed by atoms with Gasteiger partial charge in [-0.05, 0) is 48.5 Å². The van der Waals surface area contributed by atoms with Crippen LogP contribution in [0.5, 0.6) is 5.75 Å². The van der Waals surface area contributed by atoms with Crippen LogP contribution in [0.25, 0.3) is 0 Å². The summed E-state index contributed by atoms with van der Waals surface area (Å²) in [6.07, 6.45) is 0. The van der Waals surface area contributed by atoms with Gasteiger partial charge >= 0.3 is 6.61 Å². The lowest BCUT2D eigenvalue weighted by atomic mass is 10.0. The smallest absolute Gasteiger partial charge is 0.387 e. The van der Waals surface area contributed by atoms with Gasteiger partial charge in [0.1, 0.15) is 5.75 Å². The summed E-state index contributed by atoms with van der Waals surface area (Å²) in [7, 11) is 1.95. The third-order valence-electron chi connectivity index (χ3n) is 3.94. The van der Waals surface area contributed by atoms with Gasteiger partial charge < -0.3 is 10.1 Å². The number of hydrogen-bond acceptors (Lipinski definition) is 2. The fourth-order valence-electron chi connectivity index (χ4n) is 2.86. The standard InChI is InChI=1S/C14H19F2NO/c1-14(2)11(8-17-3)12(14)9-4-6-10(7-5-9)18-13(15)16/h4-7,11-13,17H,8H2,1-3H3. The lowest BCUT2D eigenvalue weighted by Gasteiger charge is -2.06. The molecule has 1 aromatic carbocycles. The molecular formula is C14H19F2NO. The lowest BCUT2D eigenvalue weighted by molar-refractivity contribution is -0.0498. The van der Waals surface area contributed by atoms with Crippen LogP contribution in [0.1, 0.15) is 25.3 Å². The molecule has 1 saturated carbocycles. The van der Waals surface area contributed by atoms with Crippen molar-refractivity contribution >= 4 is 0 Å². The monoisotopic (exact) mass is 255 g/mol. The van der Waals surface area contributed by atoms with Gasteiger partial charge in [0.2, 0.25) is 0 Å². The Morgan fingerprint density at radius 2 is 1.89 bits per heavy atom. The molecule has 1 fully saturated rings. The number of ether oxygens (including phenoxy) is 1. The zero-order valence-electron chi connectivity index (χ0n) is 10.9. The van der Waals surface area contributed by atoms with Crippen LogP contribution < -0.4 is 10.1 Å². The zero-order chi connectivity index (χ0) is 13.3. The molecule has 0 aromatic heterocycles. The van der Waals surface area contributed by atoms with Crippen LogP contribution in [-0.2, 0) is 0 Å². The number of halogens is 2. The molecule has 2 unspecified atom stereocenters. The van der Waals surface area contributed by atoms with Crippen molar-refractivity contribution in [2.24, 2.45) is 11.3 Å². The van der Waals surface area contributed by atoms with Crippen molar-refractivity contribution in [1.82, 2.24) is 5.32 Å². The SMILES string of the molecule is CNCC1C(c2ccc(OC(F)F)cc2)C1(C)C. The summed E-state index contributed by atoms with van der Waals surface area (Å²) in [5.41, 5.74) is 1.47. The zero-order valence-corrected chi connectivity index (χ0v) is 10.9. The Kier molecular flexibility index (Phi) is 3.57. The number of hydrogen-bond donors (Lipinski definition) is 1. The predicted octanol–water partition coefficient (Wildman–Crippen LogP) is 3.25. The van der Waals surface area contributed by atoms with E-state index >= 15 is 0 Å². The van der Waals surface area contributed by atoms with Gasteiger partial charge in [0.05, 0.1) is 0 Å². The van der Waals surface area contributed by atoms with E-state index in [2.05, 4.69) is 23.9 Å². The molecule has 0 heterocycles. The van der Waals surface area contributed by atoms with Crippen molar-refractivity contribution in [3.8, 4) is 5.75 Å². The first-order chi connectivity index (χ1) is 8.46. The highest BCUT2D eigenvalue weighted by molar-refractivity contribution is 5.36. The number of rotatable bonds is 5. The van der Waals surface area contributed by atoms with Crippen LogP contribution in [-0.4, -0.2) is 20.2 Å². The summed E-state index contributed by atoms with van der Waals surface area (Å²) in [6, 6.07) is 7.01. The van der Waals surface area contributed by atoms with E-state index in [9.17, 15) is 8.78 Å². The molecule has 0 aliphatic heterocycles. The number of nitrogens with one attached hydrogen (secondary N) is 1. The molecule has 1 aliphatic carbocycles. The minimum absolute atomic E-state index is 0.220. The molecule has 2 nitrogen and oxygen atoms in total. The molecule has 2 atom stereocenters. The van der Waals surface area contributed by atoms with Gasteiger partial charge in [-0.25, -0.2) is 0 Å². The van der Waals surface area contributed by atoms with E-state index in [4.69, 9.17) is 0 Å². The van der Waals surface area contributed by atoms with Crippen LogP contribution in [0, 0.1) is 11.3 Å². The van der Waals surface area contributed by atoms with Gasteiger partial charge in [-0.1, -0.05) is 26.0 Å². The summed E-state index contributed by atoms with van der Waals surface area (Å²) in [4.78, 5) is 0. The van der Waals surface area contributed by atoms with Crippen LogP contribution >= 0.6 is 0 Å². The Morgan fingerprint density at radius 1 is 1.28 bits per heavy atom. The summed E-state index contributed by atoms with van der Waals surface area (Å²) >= 11 is 0. The van der Waals surface area contributed by atoms with E-state index in [1.165, 1.54) is 5.56 Å². The third-order valence-corrected chi connectivity index (χ3v) is 3.94. The van der Waals surface area contributed by atoms with Crippen molar-refractivity contribution < 1.29 is 13.5 Å². The first-order valence-corrected chi connectivity index (χ1v) is 6.16. The second-order valence-corrected chi connectivity index (χ2v) is 5.41. The van der Waals surface area contributed by atoms with Gasteiger partial charge in [0.15, 0.2) is 0 Å². The predicted molar refractivity (Wildman–Crippen MR) is 67.0 cm³/mol. The minimum Gasteiger partial charge on any atom is -0.435 e. The molecule has 100 valence electrons. The topological polar surface area (TPSA) is 21.3 Å². The van der Waals surface area contributed by atoms with Crippen molar-refractivity contribution in [2.75, 3.05) is 13.6 Å². The van der Waals surface area contributed by atoms with Crippen molar-refractivity contribution in [3.63, 3.8) is 0 Å². The molecule has 4 heteroatoms. The van der Waals surface area contributed by atoms with Crippen LogP contribution in [0.3, 0.4) is 0 Å². The van der Waals surface area contributed by atoms with Gasteiger partial charge in [-0.2, -0.15) is 8.78 Å². The number of alkyl halides is 2. The highest BCUT2D eigenvalue weighted by atomic mass is 19.3. The van der Waals surface area contributed by atoms with Gasteiger partial charge in [0.25, 0.3) is 0 Å². The van der Waals surface area contributed by atoms with E-state index in [-0.39, 0.29) is 11.2 Å². The summed E-state index contributed by atoms with van der Waals surface area (Å²) in [5.74, 6) is 1.31. The van der Waals surface area contributed by atoms with Gasteiger partial charge in [-0.15, -0.1) is 0 Å². The highest BCUT2D eigenvalue weighted by Gasteiger charge is 2.57. The maximum atomic E-state index is 12.0. The second-order valence-electron chi connectivity index (χ2n) is 5.41. The largest absolute Gasteiger partial charge is 0.435 e. The molecule has 0 saturated heterocycles. The average Bonchev–Trinajstić information content (AvgIpc) is 2.82. The van der Waals surface area contributed by atoms with E-state index in [0.29, 0.717) is 11.8 Å². The summed E-state index contributed by atoms with van der Waals surface area (Å²) in [6.45, 7) is 2.70. The van der Waals surface area contributed by atoms with E-state index in [0.717, 1.165) is 6.54 Å². The molecular weight excluding hydrogens is 236 g/mol. The normalized spacial score (nSPS) is 25.2. The molecule has 0 bridgehead atoms. The third kappa shape index (κ3) is 2.48. The van der Waals surface area contributed by atoms with E-state index in [1.54, 1.807) is 12.1 Å². The molecule has 0 amide bonds. The lowest BCUT2D eigenvalue weighted by Crippen LogP contribution is -2.12.